The highest BCUT2D eigenvalue weighted by molar-refractivity contribution is 5.66. The van der Waals surface area contributed by atoms with Gasteiger partial charge in [0.05, 0.1) is 5.56 Å². The SMILES string of the molecule is Cc1ccc2c(c1)-c1nccn1CO2. The summed E-state index contributed by atoms with van der Waals surface area (Å²) in [5, 5.41) is 0. The molecule has 0 saturated carbocycles. The fraction of sp³-hybridized carbons (Fsp3) is 0.182. The lowest BCUT2D eigenvalue weighted by atomic mass is 10.1. The predicted octanol–water partition coefficient (Wildman–Crippen LogP) is 2.21. The normalized spacial score (nSPS) is 12.9. The molecule has 70 valence electrons. The first-order valence-corrected chi connectivity index (χ1v) is 4.59. The van der Waals surface area contributed by atoms with E-state index in [9.17, 15) is 0 Å². The Balaban J connectivity index is 2.28. The van der Waals surface area contributed by atoms with Gasteiger partial charge in [-0.15, -0.1) is 0 Å². The molecule has 1 aromatic carbocycles. The van der Waals surface area contributed by atoms with Gasteiger partial charge in [0, 0.05) is 12.4 Å². The van der Waals surface area contributed by atoms with Crippen LogP contribution in [0.3, 0.4) is 0 Å². The summed E-state index contributed by atoms with van der Waals surface area (Å²) in [5.41, 5.74) is 2.31. The van der Waals surface area contributed by atoms with Crippen LogP contribution in [0.4, 0.5) is 0 Å². The third kappa shape index (κ3) is 0.954. The molecule has 1 aliphatic rings. The summed E-state index contributed by atoms with van der Waals surface area (Å²) in [6, 6.07) is 6.16. The minimum absolute atomic E-state index is 0.561. The lowest BCUT2D eigenvalue weighted by Gasteiger charge is -2.19. The van der Waals surface area contributed by atoms with Crippen LogP contribution in [0.15, 0.2) is 30.6 Å². The molecule has 0 atom stereocenters. The first kappa shape index (κ1) is 7.62. The van der Waals surface area contributed by atoms with Gasteiger partial charge >= 0.3 is 0 Å². The number of nitrogens with zero attached hydrogens (tertiary/aromatic N) is 2. The summed E-state index contributed by atoms with van der Waals surface area (Å²) in [7, 11) is 0. The van der Waals surface area contributed by atoms with Crippen LogP contribution in [0.2, 0.25) is 0 Å². The first-order valence-electron chi connectivity index (χ1n) is 4.59. The Morgan fingerprint density at radius 2 is 2.36 bits per heavy atom. The van der Waals surface area contributed by atoms with Gasteiger partial charge in [0.25, 0.3) is 0 Å². The molecule has 0 spiro atoms. The second-order valence-electron chi connectivity index (χ2n) is 3.49. The van der Waals surface area contributed by atoms with Crippen LogP contribution in [0.25, 0.3) is 11.4 Å². The molecule has 0 radical (unpaired) electrons. The number of fused-ring (bicyclic) bond motifs is 3. The molecule has 0 bridgehead atoms. The molecule has 0 amide bonds. The summed E-state index contributed by atoms with van der Waals surface area (Å²) < 4.78 is 7.59. The third-order valence-corrected chi connectivity index (χ3v) is 2.45. The van der Waals surface area contributed by atoms with Gasteiger partial charge in [-0.1, -0.05) is 11.6 Å². The van der Waals surface area contributed by atoms with Crippen LogP contribution in [-0.4, -0.2) is 9.55 Å². The van der Waals surface area contributed by atoms with Crippen molar-refractivity contribution in [3.05, 3.63) is 36.2 Å². The Labute approximate surface area is 82.0 Å². The van der Waals surface area contributed by atoms with Gasteiger partial charge in [0.2, 0.25) is 0 Å². The maximum atomic E-state index is 5.59. The fourth-order valence-electron chi connectivity index (χ4n) is 1.74. The van der Waals surface area contributed by atoms with Gasteiger partial charge < -0.3 is 4.74 Å². The Morgan fingerprint density at radius 1 is 1.43 bits per heavy atom. The van der Waals surface area contributed by atoms with E-state index >= 15 is 0 Å². The van der Waals surface area contributed by atoms with Crippen molar-refractivity contribution in [1.82, 2.24) is 9.55 Å². The van der Waals surface area contributed by atoms with Gasteiger partial charge in [0.1, 0.15) is 11.6 Å². The number of aryl methyl sites for hydroxylation is 1. The van der Waals surface area contributed by atoms with E-state index in [4.69, 9.17) is 4.74 Å². The number of hydrogen-bond donors (Lipinski definition) is 0. The zero-order valence-electron chi connectivity index (χ0n) is 7.90. The first-order chi connectivity index (χ1) is 6.84. The molecule has 3 heteroatoms. The van der Waals surface area contributed by atoms with Crippen LogP contribution < -0.4 is 4.74 Å². The Kier molecular flexibility index (Phi) is 1.42. The number of ether oxygens (including phenoxy) is 1. The molecule has 3 nitrogen and oxygen atoms in total. The van der Waals surface area contributed by atoms with Crippen LogP contribution in [0, 0.1) is 6.92 Å². The molecule has 3 rings (SSSR count). The standard InChI is InChI=1S/C11H10N2O/c1-8-2-3-10-9(6-8)11-12-4-5-13(11)7-14-10/h2-6H,7H2,1H3. The van der Waals surface area contributed by atoms with Gasteiger partial charge in [-0.05, 0) is 19.1 Å². The highest BCUT2D eigenvalue weighted by Crippen LogP contribution is 2.33. The fourth-order valence-corrected chi connectivity index (χ4v) is 1.74. The summed E-state index contributed by atoms with van der Waals surface area (Å²) >= 11 is 0. The summed E-state index contributed by atoms with van der Waals surface area (Å²) in [4.78, 5) is 4.32. The Bertz CT molecular complexity index is 488. The summed E-state index contributed by atoms with van der Waals surface area (Å²) in [6.07, 6.45) is 3.73. The third-order valence-electron chi connectivity index (χ3n) is 2.45. The summed E-state index contributed by atoms with van der Waals surface area (Å²) in [6.45, 7) is 2.63. The van der Waals surface area contributed by atoms with Gasteiger partial charge in [-0.25, -0.2) is 4.98 Å². The smallest absolute Gasteiger partial charge is 0.166 e. The molecule has 0 N–H and O–H groups in total. The second kappa shape index (κ2) is 2.61. The van der Waals surface area contributed by atoms with Gasteiger partial charge in [-0.2, -0.15) is 0 Å². The van der Waals surface area contributed by atoms with Crippen LogP contribution in [0.5, 0.6) is 5.75 Å². The monoisotopic (exact) mass is 186 g/mol. The molecule has 2 heterocycles. The van der Waals surface area contributed by atoms with Crippen LogP contribution >= 0.6 is 0 Å². The largest absolute Gasteiger partial charge is 0.472 e. The van der Waals surface area contributed by atoms with Crippen molar-refractivity contribution >= 4 is 0 Å². The predicted molar refractivity (Wildman–Crippen MR) is 53.0 cm³/mol. The van der Waals surface area contributed by atoms with E-state index in [0.29, 0.717) is 6.73 Å². The molecule has 0 fully saturated rings. The maximum absolute atomic E-state index is 5.59. The van der Waals surface area contributed by atoms with E-state index in [2.05, 4.69) is 24.0 Å². The lowest BCUT2D eigenvalue weighted by molar-refractivity contribution is 0.230. The van der Waals surface area contributed by atoms with Crippen LogP contribution in [0.1, 0.15) is 5.56 Å². The minimum atomic E-state index is 0.561. The van der Waals surface area contributed by atoms with Crippen molar-refractivity contribution in [2.45, 2.75) is 13.7 Å². The van der Waals surface area contributed by atoms with Crippen molar-refractivity contribution in [3.8, 4) is 17.1 Å². The van der Waals surface area contributed by atoms with Crippen molar-refractivity contribution in [2.24, 2.45) is 0 Å². The Hall–Kier alpha value is -1.77. The highest BCUT2D eigenvalue weighted by Gasteiger charge is 2.16. The molecule has 0 unspecified atom stereocenters. The lowest BCUT2D eigenvalue weighted by Crippen LogP contribution is -2.12. The summed E-state index contributed by atoms with van der Waals surface area (Å²) in [5.74, 6) is 1.92. The number of hydrogen-bond acceptors (Lipinski definition) is 2. The van der Waals surface area contributed by atoms with Crippen molar-refractivity contribution in [2.75, 3.05) is 0 Å². The zero-order chi connectivity index (χ0) is 9.54. The highest BCUT2D eigenvalue weighted by atomic mass is 16.5. The molecule has 2 aromatic rings. The van der Waals surface area contributed by atoms with Crippen molar-refractivity contribution in [3.63, 3.8) is 0 Å². The van der Waals surface area contributed by atoms with E-state index in [1.54, 1.807) is 6.20 Å². The second-order valence-corrected chi connectivity index (χ2v) is 3.49. The average Bonchev–Trinajstić information content (AvgIpc) is 2.65. The molecule has 0 aliphatic carbocycles. The molecule has 1 aromatic heterocycles. The van der Waals surface area contributed by atoms with E-state index in [-0.39, 0.29) is 0 Å². The van der Waals surface area contributed by atoms with Crippen molar-refractivity contribution < 1.29 is 4.74 Å². The molecular formula is C11H10N2O. The zero-order valence-corrected chi connectivity index (χ0v) is 7.90. The topological polar surface area (TPSA) is 27.1 Å². The minimum Gasteiger partial charge on any atom is -0.472 e. The van der Waals surface area contributed by atoms with E-state index < -0.39 is 0 Å². The van der Waals surface area contributed by atoms with E-state index in [0.717, 1.165) is 17.1 Å². The van der Waals surface area contributed by atoms with E-state index in [1.807, 2.05) is 16.8 Å². The van der Waals surface area contributed by atoms with Crippen molar-refractivity contribution in [1.29, 1.82) is 0 Å². The Morgan fingerprint density at radius 3 is 3.29 bits per heavy atom. The molecular weight excluding hydrogens is 176 g/mol. The number of rotatable bonds is 0. The molecule has 14 heavy (non-hydrogen) atoms. The molecule has 1 aliphatic heterocycles. The van der Waals surface area contributed by atoms with Gasteiger partial charge in [0.15, 0.2) is 6.73 Å². The maximum Gasteiger partial charge on any atom is 0.166 e. The average molecular weight is 186 g/mol. The van der Waals surface area contributed by atoms with Gasteiger partial charge in [-0.3, -0.25) is 4.57 Å². The van der Waals surface area contributed by atoms with Crippen LogP contribution in [-0.2, 0) is 6.73 Å². The van der Waals surface area contributed by atoms with E-state index in [1.165, 1.54) is 5.56 Å². The number of benzene rings is 1. The number of aromatic nitrogens is 2. The number of imidazole rings is 1. The molecule has 0 saturated heterocycles. The quantitative estimate of drug-likeness (QED) is 0.630.